The van der Waals surface area contributed by atoms with Gasteiger partial charge in [-0.1, -0.05) is 30.8 Å². The molecule has 2 heterocycles. The Hall–Kier alpha value is -2.77. The molecular formula is C23H25NO5S. The van der Waals surface area contributed by atoms with Crippen LogP contribution in [0.4, 0.5) is 0 Å². The second-order valence-electron chi connectivity index (χ2n) is 7.69. The highest BCUT2D eigenvalue weighted by molar-refractivity contribution is 7.90. The number of sulfonamides is 1. The van der Waals surface area contributed by atoms with Crippen molar-refractivity contribution in [3.8, 4) is 11.5 Å². The Morgan fingerprint density at radius 2 is 1.53 bits per heavy atom. The molecule has 6 nitrogen and oxygen atoms in total. The largest absolute Gasteiger partial charge is 0.508 e. The number of ether oxygens (including phenoxy) is 1. The van der Waals surface area contributed by atoms with Crippen LogP contribution in [0.15, 0.2) is 60.8 Å². The van der Waals surface area contributed by atoms with E-state index in [0.29, 0.717) is 18.7 Å². The van der Waals surface area contributed by atoms with Crippen LogP contribution in [0.2, 0.25) is 0 Å². The summed E-state index contributed by atoms with van der Waals surface area (Å²) in [5, 5.41) is 18.7. The van der Waals surface area contributed by atoms with Crippen molar-refractivity contribution in [3.63, 3.8) is 0 Å². The molecule has 2 aliphatic heterocycles. The quantitative estimate of drug-likeness (QED) is 0.734. The first kappa shape index (κ1) is 20.5. The lowest BCUT2D eigenvalue weighted by atomic mass is 9.83. The van der Waals surface area contributed by atoms with Crippen molar-refractivity contribution < 1.29 is 23.4 Å². The molecule has 0 saturated carbocycles. The Kier molecular flexibility index (Phi) is 5.11. The molecule has 0 aromatic heterocycles. The third-order valence-corrected chi connectivity index (χ3v) is 8.14. The fourth-order valence-electron chi connectivity index (χ4n) is 4.47. The van der Waals surface area contributed by atoms with E-state index >= 15 is 0 Å². The fraction of sp³-hybridized carbons (Fsp3) is 0.304. The molecule has 3 atom stereocenters. The van der Waals surface area contributed by atoms with E-state index in [4.69, 9.17) is 4.74 Å². The number of rotatable bonds is 6. The van der Waals surface area contributed by atoms with E-state index in [2.05, 4.69) is 6.58 Å². The maximum atomic E-state index is 13.4. The molecule has 0 amide bonds. The molecule has 0 unspecified atom stereocenters. The first-order valence-corrected chi connectivity index (χ1v) is 11.4. The molecule has 30 heavy (non-hydrogen) atoms. The van der Waals surface area contributed by atoms with Gasteiger partial charge in [-0.15, -0.1) is 0 Å². The summed E-state index contributed by atoms with van der Waals surface area (Å²) in [6, 6.07) is 13.5. The van der Waals surface area contributed by atoms with Gasteiger partial charge in [0.05, 0.1) is 6.10 Å². The predicted octanol–water partition coefficient (Wildman–Crippen LogP) is 3.73. The molecular weight excluding hydrogens is 402 g/mol. The van der Waals surface area contributed by atoms with Crippen LogP contribution in [0, 0.1) is 0 Å². The Balaban J connectivity index is 1.85. The van der Waals surface area contributed by atoms with Crippen LogP contribution in [0.5, 0.6) is 11.5 Å². The van der Waals surface area contributed by atoms with Crippen LogP contribution in [0.25, 0.3) is 11.1 Å². The summed E-state index contributed by atoms with van der Waals surface area (Å²) in [5.74, 6) is 0.299. The van der Waals surface area contributed by atoms with Gasteiger partial charge < -0.3 is 14.9 Å². The van der Waals surface area contributed by atoms with E-state index in [1.807, 2.05) is 12.1 Å². The van der Waals surface area contributed by atoms with Crippen molar-refractivity contribution in [2.45, 2.75) is 37.7 Å². The topological polar surface area (TPSA) is 87.1 Å². The number of benzene rings is 2. The summed E-state index contributed by atoms with van der Waals surface area (Å²) in [6.07, 6.45) is -0.636. The molecule has 4 rings (SSSR count). The Morgan fingerprint density at radius 3 is 2.00 bits per heavy atom. The molecule has 1 fully saturated rings. The second-order valence-corrected chi connectivity index (χ2v) is 9.76. The van der Waals surface area contributed by atoms with E-state index < -0.39 is 21.4 Å². The van der Waals surface area contributed by atoms with Gasteiger partial charge in [0.25, 0.3) is 0 Å². The van der Waals surface area contributed by atoms with Crippen molar-refractivity contribution in [1.29, 1.82) is 0 Å². The van der Waals surface area contributed by atoms with Gasteiger partial charge >= 0.3 is 0 Å². The van der Waals surface area contributed by atoms with Crippen molar-refractivity contribution in [2.75, 3.05) is 6.54 Å². The van der Waals surface area contributed by atoms with Crippen molar-refractivity contribution in [2.24, 2.45) is 0 Å². The van der Waals surface area contributed by atoms with Crippen LogP contribution >= 0.6 is 0 Å². The minimum atomic E-state index is -3.66. The van der Waals surface area contributed by atoms with Gasteiger partial charge in [-0.2, -0.15) is 0 Å². The van der Waals surface area contributed by atoms with Crippen LogP contribution in [-0.2, 0) is 14.8 Å². The second kappa shape index (κ2) is 7.49. The van der Waals surface area contributed by atoms with Crippen LogP contribution in [-0.4, -0.2) is 46.9 Å². The maximum Gasteiger partial charge on any atom is 0.240 e. The Bertz CT molecular complexity index is 1100. The molecule has 0 aliphatic carbocycles. The fourth-order valence-corrected chi connectivity index (χ4v) is 6.52. The van der Waals surface area contributed by atoms with Gasteiger partial charge in [0, 0.05) is 12.2 Å². The molecule has 2 aliphatic rings. The number of nitrogens with zero attached hydrogens (tertiary/aromatic N) is 1. The van der Waals surface area contributed by atoms with Crippen LogP contribution in [0.1, 0.15) is 31.4 Å². The van der Waals surface area contributed by atoms with E-state index in [-0.39, 0.29) is 17.6 Å². The minimum absolute atomic E-state index is 0.137. The molecule has 1 saturated heterocycles. The maximum absolute atomic E-state index is 13.4. The normalized spacial score (nSPS) is 23.1. The van der Waals surface area contributed by atoms with Gasteiger partial charge in [0.2, 0.25) is 10.0 Å². The van der Waals surface area contributed by atoms with Gasteiger partial charge in [0.1, 0.15) is 22.9 Å². The number of hydrogen-bond donors (Lipinski definition) is 2. The molecule has 158 valence electrons. The number of phenols is 2. The zero-order chi connectivity index (χ0) is 21.6. The summed E-state index contributed by atoms with van der Waals surface area (Å²) < 4.78 is 34.4. The number of hydrogen-bond acceptors (Lipinski definition) is 5. The monoisotopic (exact) mass is 427 g/mol. The van der Waals surface area contributed by atoms with E-state index in [1.165, 1.54) is 4.31 Å². The number of phenolic OH excluding ortho intramolecular Hbond substituents is 2. The lowest BCUT2D eigenvalue weighted by Gasteiger charge is -2.31. The first-order valence-electron chi connectivity index (χ1n) is 9.89. The zero-order valence-electron chi connectivity index (χ0n) is 16.9. The summed E-state index contributed by atoms with van der Waals surface area (Å²) in [6.45, 7) is 7.62. The third kappa shape index (κ3) is 3.28. The number of aromatic hydroxyl groups is 2. The van der Waals surface area contributed by atoms with Crippen molar-refractivity contribution >= 4 is 21.2 Å². The molecule has 0 radical (unpaired) electrons. The van der Waals surface area contributed by atoms with Gasteiger partial charge in [-0.3, -0.25) is 4.31 Å². The highest BCUT2D eigenvalue weighted by atomic mass is 32.2. The van der Waals surface area contributed by atoms with Crippen molar-refractivity contribution in [3.05, 3.63) is 71.9 Å². The van der Waals surface area contributed by atoms with Crippen LogP contribution in [0.3, 0.4) is 0 Å². The van der Waals surface area contributed by atoms with E-state index in [0.717, 1.165) is 22.3 Å². The minimum Gasteiger partial charge on any atom is -0.508 e. The summed E-state index contributed by atoms with van der Waals surface area (Å²) >= 11 is 0. The molecule has 0 spiro atoms. The zero-order valence-corrected chi connectivity index (χ0v) is 17.8. The predicted molar refractivity (Wildman–Crippen MR) is 116 cm³/mol. The molecule has 2 bridgehead atoms. The van der Waals surface area contributed by atoms with E-state index in [1.54, 1.807) is 50.2 Å². The average Bonchev–Trinajstić information content (AvgIpc) is 3.28. The Morgan fingerprint density at radius 1 is 1.03 bits per heavy atom. The number of fused-ring (bicyclic) bond motifs is 2. The standard InChI is InChI=1S/C23H25NO5S/c1-4-24(14(2)3)30(27,28)20-13-19-21(15-5-9-17(25)10-6-15)22(23(20)29-19)16-7-11-18(26)12-8-16/h5-12,19-20,23,25-26H,2,4,13H2,1,3H3/t19-,20+,23+/m1/s1. The summed E-state index contributed by atoms with van der Waals surface area (Å²) in [5.41, 5.74) is 3.90. The Labute approximate surface area is 176 Å². The lowest BCUT2D eigenvalue weighted by molar-refractivity contribution is 0.128. The molecule has 7 heteroatoms. The molecule has 2 aromatic carbocycles. The van der Waals surface area contributed by atoms with E-state index in [9.17, 15) is 18.6 Å². The van der Waals surface area contributed by atoms with Crippen LogP contribution < -0.4 is 0 Å². The van der Waals surface area contributed by atoms with Gasteiger partial charge in [0.15, 0.2) is 0 Å². The van der Waals surface area contributed by atoms with Gasteiger partial charge in [-0.05, 0) is 66.8 Å². The highest BCUT2D eigenvalue weighted by Gasteiger charge is 2.54. The first-order chi connectivity index (χ1) is 14.2. The smallest absolute Gasteiger partial charge is 0.240 e. The lowest BCUT2D eigenvalue weighted by Crippen LogP contribution is -2.42. The van der Waals surface area contributed by atoms with Crippen molar-refractivity contribution in [1.82, 2.24) is 4.31 Å². The third-order valence-electron chi connectivity index (χ3n) is 5.75. The average molecular weight is 428 g/mol. The summed E-state index contributed by atoms with van der Waals surface area (Å²) in [7, 11) is -3.66. The SMILES string of the molecule is C=C(C)N(CC)S(=O)(=O)[C@H]1C[C@H]2O[C@@H]1C(c1ccc(O)cc1)=C2c1ccc(O)cc1. The highest BCUT2D eigenvalue weighted by Crippen LogP contribution is 2.51. The molecule has 2 aromatic rings. The molecule has 2 N–H and O–H groups in total. The number of allylic oxidation sites excluding steroid dienone is 1. The van der Waals surface area contributed by atoms with Gasteiger partial charge in [-0.25, -0.2) is 8.42 Å². The summed E-state index contributed by atoms with van der Waals surface area (Å²) in [4.78, 5) is 0.